The smallest absolute Gasteiger partial charge is 0.292 e. The summed E-state index contributed by atoms with van der Waals surface area (Å²) in [6.07, 6.45) is 3.10. The van der Waals surface area contributed by atoms with E-state index in [0.29, 0.717) is 18.0 Å². The van der Waals surface area contributed by atoms with Crippen LogP contribution in [0.3, 0.4) is 0 Å². The third-order valence-corrected chi connectivity index (χ3v) is 5.22. The van der Waals surface area contributed by atoms with E-state index >= 15 is 0 Å². The predicted octanol–water partition coefficient (Wildman–Crippen LogP) is 5.22. The van der Waals surface area contributed by atoms with Gasteiger partial charge in [0.2, 0.25) is 0 Å². The highest BCUT2D eigenvalue weighted by Gasteiger charge is 2.10. The molecule has 4 rings (SSSR count). The summed E-state index contributed by atoms with van der Waals surface area (Å²) < 4.78 is 7.10. The van der Waals surface area contributed by atoms with Gasteiger partial charge in [0.25, 0.3) is 5.56 Å². The lowest BCUT2D eigenvalue weighted by molar-refractivity contribution is 0.305. The minimum Gasteiger partial charge on any atom is -0.489 e. The van der Waals surface area contributed by atoms with Crippen molar-refractivity contribution in [2.45, 2.75) is 13.5 Å². The van der Waals surface area contributed by atoms with Gasteiger partial charge in [-0.3, -0.25) is 10.2 Å². The average Bonchev–Trinajstić information content (AvgIpc) is 2.83. The zero-order chi connectivity index (χ0) is 22.3. The number of ether oxygens (including phenoxy) is 1. The zero-order valence-electron chi connectivity index (χ0n) is 17.4. The van der Waals surface area contributed by atoms with Gasteiger partial charge in [-0.05, 0) is 60.0 Å². The van der Waals surface area contributed by atoms with E-state index < -0.39 is 5.56 Å². The van der Waals surface area contributed by atoms with Gasteiger partial charge in [0.05, 0.1) is 18.1 Å². The molecule has 0 radical (unpaired) electrons. The molecule has 3 aromatic carbocycles. The van der Waals surface area contributed by atoms with Crippen molar-refractivity contribution in [1.29, 1.82) is 0 Å². The number of aryl methyl sites for hydroxylation is 1. The first kappa shape index (κ1) is 21.3. The van der Waals surface area contributed by atoms with Crippen LogP contribution in [0.5, 0.6) is 5.75 Å². The fourth-order valence-corrected chi connectivity index (χ4v) is 3.19. The van der Waals surface area contributed by atoms with Gasteiger partial charge in [-0.1, -0.05) is 54.1 Å². The Bertz CT molecular complexity index is 1290. The number of nitrogens with one attached hydrogen (secondary N) is 1. The Morgan fingerprint density at radius 1 is 1.03 bits per heavy atom. The molecule has 0 amide bonds. The molecule has 0 aliphatic carbocycles. The van der Waals surface area contributed by atoms with Crippen LogP contribution in [0.4, 0.5) is 5.69 Å². The standard InChI is InChI=1S/C25H21ClN4O2/c1-18-7-5-6-8-20(18)17-32-22-13-11-19(12-14-22)15-27-29-23-16-28-30(25(31)24(23)26)21-9-3-2-4-10-21/h2-16,29H,17H2,1H3/b27-15+. The SMILES string of the molecule is Cc1ccccc1COc1ccc(/C=N/Nc2cnn(-c3ccccc3)c(=O)c2Cl)cc1. The topological polar surface area (TPSA) is 68.5 Å². The molecule has 0 saturated carbocycles. The van der Waals surface area contributed by atoms with E-state index in [4.69, 9.17) is 16.3 Å². The van der Waals surface area contributed by atoms with Crippen LogP contribution in [-0.2, 0) is 6.61 Å². The van der Waals surface area contributed by atoms with E-state index in [2.05, 4.69) is 34.7 Å². The largest absolute Gasteiger partial charge is 0.489 e. The summed E-state index contributed by atoms with van der Waals surface area (Å²) in [5.41, 5.74) is 6.54. The number of hydrogen-bond acceptors (Lipinski definition) is 5. The monoisotopic (exact) mass is 444 g/mol. The van der Waals surface area contributed by atoms with Crippen LogP contribution in [0.15, 0.2) is 95.0 Å². The maximum atomic E-state index is 12.5. The summed E-state index contributed by atoms with van der Waals surface area (Å²) in [5.74, 6) is 0.773. The lowest BCUT2D eigenvalue weighted by Crippen LogP contribution is -2.22. The number of anilines is 1. The van der Waals surface area contributed by atoms with E-state index in [-0.39, 0.29) is 5.02 Å². The summed E-state index contributed by atoms with van der Waals surface area (Å²) in [6.45, 7) is 2.58. The van der Waals surface area contributed by atoms with E-state index in [1.54, 1.807) is 18.3 Å². The van der Waals surface area contributed by atoms with Crippen molar-refractivity contribution in [3.8, 4) is 11.4 Å². The molecule has 0 aliphatic heterocycles. The Kier molecular flexibility index (Phi) is 6.63. The van der Waals surface area contributed by atoms with Gasteiger partial charge < -0.3 is 4.74 Å². The Balaban J connectivity index is 1.38. The highest BCUT2D eigenvalue weighted by atomic mass is 35.5. The summed E-state index contributed by atoms with van der Waals surface area (Å²) in [5, 5.41) is 8.34. The minimum atomic E-state index is -0.423. The van der Waals surface area contributed by atoms with Crippen LogP contribution < -0.4 is 15.7 Å². The van der Waals surface area contributed by atoms with Crippen molar-refractivity contribution in [2.24, 2.45) is 5.10 Å². The molecule has 0 saturated heterocycles. The summed E-state index contributed by atoms with van der Waals surface area (Å²) in [4.78, 5) is 12.5. The molecular formula is C25H21ClN4O2. The van der Waals surface area contributed by atoms with Crippen molar-refractivity contribution in [3.05, 3.63) is 117 Å². The molecule has 1 heterocycles. The molecule has 0 fully saturated rings. The first-order valence-corrected chi connectivity index (χ1v) is 10.4. The van der Waals surface area contributed by atoms with E-state index in [1.807, 2.05) is 54.6 Å². The minimum absolute atomic E-state index is 0.0148. The molecule has 1 aromatic heterocycles. The zero-order valence-corrected chi connectivity index (χ0v) is 18.2. The van der Waals surface area contributed by atoms with Gasteiger partial charge in [-0.15, -0.1) is 0 Å². The molecular weight excluding hydrogens is 424 g/mol. The molecule has 6 nitrogen and oxygen atoms in total. The van der Waals surface area contributed by atoms with Crippen molar-refractivity contribution in [1.82, 2.24) is 9.78 Å². The van der Waals surface area contributed by atoms with Crippen LogP contribution in [0.1, 0.15) is 16.7 Å². The second-order valence-corrected chi connectivity index (χ2v) is 7.46. The van der Waals surface area contributed by atoms with E-state index in [1.165, 1.54) is 16.4 Å². The van der Waals surface area contributed by atoms with Crippen molar-refractivity contribution in [2.75, 3.05) is 5.43 Å². The lowest BCUT2D eigenvalue weighted by atomic mass is 10.1. The Morgan fingerprint density at radius 2 is 1.75 bits per heavy atom. The van der Waals surface area contributed by atoms with Crippen molar-refractivity contribution in [3.63, 3.8) is 0 Å². The molecule has 0 bridgehead atoms. The number of nitrogens with zero attached hydrogens (tertiary/aromatic N) is 3. The van der Waals surface area contributed by atoms with Gasteiger partial charge in [-0.25, -0.2) is 0 Å². The fourth-order valence-electron chi connectivity index (χ4n) is 3.02. The molecule has 0 atom stereocenters. The molecule has 0 aliphatic rings. The van der Waals surface area contributed by atoms with Crippen LogP contribution >= 0.6 is 11.6 Å². The number of halogens is 1. The Morgan fingerprint density at radius 3 is 2.50 bits per heavy atom. The molecule has 4 aromatic rings. The van der Waals surface area contributed by atoms with E-state index in [0.717, 1.165) is 16.9 Å². The Labute approximate surface area is 190 Å². The van der Waals surface area contributed by atoms with Crippen molar-refractivity contribution >= 4 is 23.5 Å². The third-order valence-electron chi connectivity index (χ3n) is 4.85. The second kappa shape index (κ2) is 9.94. The molecule has 0 unspecified atom stereocenters. The molecule has 1 N–H and O–H groups in total. The number of hydrogen-bond donors (Lipinski definition) is 1. The van der Waals surface area contributed by atoms with Crippen LogP contribution in [-0.4, -0.2) is 16.0 Å². The predicted molar refractivity (Wildman–Crippen MR) is 128 cm³/mol. The van der Waals surface area contributed by atoms with Crippen LogP contribution in [0.25, 0.3) is 5.69 Å². The first-order chi connectivity index (χ1) is 15.6. The highest BCUT2D eigenvalue weighted by molar-refractivity contribution is 6.32. The fraction of sp³-hybridized carbons (Fsp3) is 0.0800. The van der Waals surface area contributed by atoms with Gasteiger partial charge in [0.1, 0.15) is 23.1 Å². The summed E-state index contributed by atoms with van der Waals surface area (Å²) >= 11 is 6.22. The number of para-hydroxylation sites is 1. The quantitative estimate of drug-likeness (QED) is 0.313. The average molecular weight is 445 g/mol. The van der Waals surface area contributed by atoms with Gasteiger partial charge in [-0.2, -0.15) is 14.9 Å². The second-order valence-electron chi connectivity index (χ2n) is 7.08. The van der Waals surface area contributed by atoms with E-state index in [9.17, 15) is 4.79 Å². The van der Waals surface area contributed by atoms with Crippen molar-refractivity contribution < 1.29 is 4.74 Å². The molecule has 0 spiro atoms. The normalized spacial score (nSPS) is 10.9. The molecule has 32 heavy (non-hydrogen) atoms. The lowest BCUT2D eigenvalue weighted by Gasteiger charge is -2.09. The van der Waals surface area contributed by atoms with Gasteiger partial charge >= 0.3 is 0 Å². The number of hydrazone groups is 1. The maximum Gasteiger partial charge on any atom is 0.292 e. The highest BCUT2D eigenvalue weighted by Crippen LogP contribution is 2.17. The van der Waals surface area contributed by atoms with Gasteiger partial charge in [0, 0.05) is 0 Å². The summed E-state index contributed by atoms with van der Waals surface area (Å²) in [7, 11) is 0. The van der Waals surface area contributed by atoms with Crippen LogP contribution in [0.2, 0.25) is 5.02 Å². The Hall–Kier alpha value is -3.90. The molecule has 7 heteroatoms. The first-order valence-electron chi connectivity index (χ1n) is 10.0. The number of benzene rings is 3. The van der Waals surface area contributed by atoms with Crippen LogP contribution in [0, 0.1) is 6.92 Å². The molecule has 160 valence electrons. The summed E-state index contributed by atoms with van der Waals surface area (Å²) in [6, 6.07) is 24.8. The third kappa shape index (κ3) is 5.04. The van der Waals surface area contributed by atoms with Gasteiger partial charge in [0.15, 0.2) is 0 Å². The maximum absolute atomic E-state index is 12.5. The number of rotatable bonds is 7. The number of aromatic nitrogens is 2.